The fraction of sp³-hybridized carbons (Fsp3) is 0.400. The fourth-order valence-corrected chi connectivity index (χ4v) is 3.41. The Bertz CT molecular complexity index is 470. The van der Waals surface area contributed by atoms with E-state index in [2.05, 4.69) is 0 Å². The van der Waals surface area contributed by atoms with E-state index >= 15 is 0 Å². The van der Waals surface area contributed by atoms with Crippen LogP contribution >= 0.6 is 11.6 Å². The first kappa shape index (κ1) is 13.3. The van der Waals surface area contributed by atoms with Crippen LogP contribution in [-0.2, 0) is 10.0 Å². The van der Waals surface area contributed by atoms with E-state index in [0.29, 0.717) is 18.8 Å². The van der Waals surface area contributed by atoms with Gasteiger partial charge in [-0.2, -0.15) is 4.31 Å². The van der Waals surface area contributed by atoms with Crippen LogP contribution in [0.15, 0.2) is 23.1 Å². The third-order valence-electron chi connectivity index (χ3n) is 2.28. The molecule has 1 rings (SSSR count). The normalized spacial score (nSPS) is 12.0. The smallest absolute Gasteiger partial charge is 0.244 e. The van der Waals surface area contributed by atoms with Gasteiger partial charge in [-0.25, -0.2) is 8.42 Å². The Balaban J connectivity index is 3.27. The Kier molecular flexibility index (Phi) is 4.18. The van der Waals surface area contributed by atoms with Crippen LogP contribution in [-0.4, -0.2) is 25.8 Å². The molecule has 0 heterocycles. The number of rotatable bonds is 4. The Morgan fingerprint density at radius 1 is 1.31 bits per heavy atom. The first-order chi connectivity index (χ1) is 7.43. The maximum Gasteiger partial charge on any atom is 0.244 e. The molecule has 0 unspecified atom stereocenters. The summed E-state index contributed by atoms with van der Waals surface area (Å²) in [4.78, 5) is 0.104. The summed E-state index contributed by atoms with van der Waals surface area (Å²) in [7, 11) is -3.50. The summed E-state index contributed by atoms with van der Waals surface area (Å²) < 4.78 is 25.6. The molecule has 0 fully saturated rings. The topological polar surface area (TPSA) is 63.4 Å². The van der Waals surface area contributed by atoms with Gasteiger partial charge in [-0.05, 0) is 18.2 Å². The predicted molar refractivity (Wildman–Crippen MR) is 66.0 cm³/mol. The van der Waals surface area contributed by atoms with Crippen molar-refractivity contribution < 1.29 is 8.42 Å². The van der Waals surface area contributed by atoms with Gasteiger partial charge < -0.3 is 5.73 Å². The van der Waals surface area contributed by atoms with E-state index in [1.807, 2.05) is 0 Å². The number of nitrogens with zero attached hydrogens (tertiary/aromatic N) is 1. The molecule has 0 saturated carbocycles. The van der Waals surface area contributed by atoms with Crippen LogP contribution in [0.5, 0.6) is 0 Å². The Labute approximate surface area is 101 Å². The first-order valence-corrected chi connectivity index (χ1v) is 6.80. The predicted octanol–water partition coefficient (Wildman–Crippen LogP) is 1.95. The van der Waals surface area contributed by atoms with Crippen molar-refractivity contribution in [1.29, 1.82) is 0 Å². The van der Waals surface area contributed by atoms with Gasteiger partial charge in [0.1, 0.15) is 4.90 Å². The molecule has 0 aliphatic rings. The van der Waals surface area contributed by atoms with E-state index in [1.54, 1.807) is 13.8 Å². The van der Waals surface area contributed by atoms with Crippen LogP contribution in [0, 0.1) is 0 Å². The number of benzene rings is 1. The maximum absolute atomic E-state index is 12.1. The second-order valence-electron chi connectivity index (χ2n) is 3.28. The Morgan fingerprint density at radius 2 is 1.88 bits per heavy atom. The molecule has 90 valence electrons. The lowest BCUT2D eigenvalue weighted by Crippen LogP contribution is -2.30. The summed E-state index contributed by atoms with van der Waals surface area (Å²) in [6.45, 7) is 4.40. The largest absolute Gasteiger partial charge is 0.399 e. The van der Waals surface area contributed by atoms with Crippen molar-refractivity contribution >= 4 is 27.3 Å². The highest BCUT2D eigenvalue weighted by Crippen LogP contribution is 2.26. The van der Waals surface area contributed by atoms with E-state index in [1.165, 1.54) is 22.5 Å². The molecule has 0 aliphatic heterocycles. The summed E-state index contributed by atoms with van der Waals surface area (Å²) in [6, 6.07) is 4.41. The van der Waals surface area contributed by atoms with Crippen molar-refractivity contribution in [3.05, 3.63) is 23.2 Å². The fourth-order valence-electron chi connectivity index (χ4n) is 1.43. The number of nitrogen functional groups attached to an aromatic ring is 1. The molecular formula is C10H15ClN2O2S. The summed E-state index contributed by atoms with van der Waals surface area (Å²) in [5.41, 5.74) is 5.97. The number of anilines is 1. The molecule has 0 radical (unpaired) electrons. The molecule has 16 heavy (non-hydrogen) atoms. The molecule has 0 saturated heterocycles. The van der Waals surface area contributed by atoms with Crippen LogP contribution < -0.4 is 5.73 Å². The second kappa shape index (κ2) is 5.03. The molecule has 6 heteroatoms. The van der Waals surface area contributed by atoms with Crippen molar-refractivity contribution in [2.24, 2.45) is 0 Å². The molecule has 0 aliphatic carbocycles. The SMILES string of the molecule is CCN(CC)S(=O)(=O)c1ccc(N)cc1Cl. The Morgan fingerprint density at radius 3 is 2.31 bits per heavy atom. The molecule has 0 aromatic heterocycles. The first-order valence-electron chi connectivity index (χ1n) is 4.98. The van der Waals surface area contributed by atoms with Crippen molar-refractivity contribution in [3.8, 4) is 0 Å². The van der Waals surface area contributed by atoms with Gasteiger partial charge in [-0.1, -0.05) is 25.4 Å². The zero-order valence-electron chi connectivity index (χ0n) is 9.27. The molecule has 1 aromatic carbocycles. The van der Waals surface area contributed by atoms with E-state index in [0.717, 1.165) is 0 Å². The van der Waals surface area contributed by atoms with Gasteiger partial charge in [-0.3, -0.25) is 0 Å². The van der Waals surface area contributed by atoms with E-state index in [-0.39, 0.29) is 9.92 Å². The molecule has 2 N–H and O–H groups in total. The van der Waals surface area contributed by atoms with Gasteiger partial charge in [0.25, 0.3) is 0 Å². The minimum absolute atomic E-state index is 0.104. The average Bonchev–Trinajstić information content (AvgIpc) is 2.18. The zero-order chi connectivity index (χ0) is 12.3. The zero-order valence-corrected chi connectivity index (χ0v) is 10.8. The van der Waals surface area contributed by atoms with Gasteiger partial charge in [0.05, 0.1) is 5.02 Å². The summed E-state index contributed by atoms with van der Waals surface area (Å²) in [5, 5.41) is 0.159. The highest BCUT2D eigenvalue weighted by molar-refractivity contribution is 7.89. The Hall–Kier alpha value is -0.780. The van der Waals surface area contributed by atoms with Crippen LogP contribution in [0.2, 0.25) is 5.02 Å². The summed E-state index contributed by atoms with van der Waals surface area (Å²) in [6.07, 6.45) is 0. The summed E-state index contributed by atoms with van der Waals surface area (Å²) >= 11 is 5.89. The average molecular weight is 263 g/mol. The second-order valence-corrected chi connectivity index (χ2v) is 5.59. The van der Waals surface area contributed by atoms with Gasteiger partial charge in [0, 0.05) is 18.8 Å². The van der Waals surface area contributed by atoms with Crippen molar-refractivity contribution in [1.82, 2.24) is 4.31 Å². The molecular weight excluding hydrogens is 248 g/mol. The number of hydrogen-bond acceptors (Lipinski definition) is 3. The lowest BCUT2D eigenvalue weighted by Gasteiger charge is -2.19. The number of hydrogen-bond donors (Lipinski definition) is 1. The van der Waals surface area contributed by atoms with E-state index < -0.39 is 10.0 Å². The molecule has 0 bridgehead atoms. The minimum atomic E-state index is -3.50. The standard InChI is InChI=1S/C10H15ClN2O2S/c1-3-13(4-2)16(14,15)10-6-5-8(12)7-9(10)11/h5-7H,3-4,12H2,1-2H3. The summed E-state index contributed by atoms with van der Waals surface area (Å²) in [5.74, 6) is 0. The molecule has 4 nitrogen and oxygen atoms in total. The van der Waals surface area contributed by atoms with Crippen LogP contribution in [0.25, 0.3) is 0 Å². The van der Waals surface area contributed by atoms with Crippen molar-refractivity contribution in [2.75, 3.05) is 18.8 Å². The van der Waals surface area contributed by atoms with Gasteiger partial charge in [-0.15, -0.1) is 0 Å². The van der Waals surface area contributed by atoms with E-state index in [4.69, 9.17) is 17.3 Å². The maximum atomic E-state index is 12.1. The molecule has 0 atom stereocenters. The van der Waals surface area contributed by atoms with Gasteiger partial charge in [0.2, 0.25) is 10.0 Å². The minimum Gasteiger partial charge on any atom is -0.399 e. The number of halogens is 1. The van der Waals surface area contributed by atoms with Crippen molar-refractivity contribution in [2.45, 2.75) is 18.7 Å². The van der Waals surface area contributed by atoms with Gasteiger partial charge >= 0.3 is 0 Å². The van der Waals surface area contributed by atoms with Crippen LogP contribution in [0.4, 0.5) is 5.69 Å². The third-order valence-corrected chi connectivity index (χ3v) is 4.81. The molecule has 0 amide bonds. The van der Waals surface area contributed by atoms with E-state index in [9.17, 15) is 8.42 Å². The highest BCUT2D eigenvalue weighted by Gasteiger charge is 2.23. The highest BCUT2D eigenvalue weighted by atomic mass is 35.5. The molecule has 1 aromatic rings. The third kappa shape index (κ3) is 2.48. The lowest BCUT2D eigenvalue weighted by atomic mass is 10.3. The number of nitrogens with two attached hydrogens (primary N) is 1. The molecule has 0 spiro atoms. The quantitative estimate of drug-likeness (QED) is 0.844. The van der Waals surface area contributed by atoms with Crippen LogP contribution in [0.1, 0.15) is 13.8 Å². The van der Waals surface area contributed by atoms with Crippen LogP contribution in [0.3, 0.4) is 0 Å². The van der Waals surface area contributed by atoms with Gasteiger partial charge in [0.15, 0.2) is 0 Å². The number of sulfonamides is 1. The van der Waals surface area contributed by atoms with Crippen molar-refractivity contribution in [3.63, 3.8) is 0 Å². The monoisotopic (exact) mass is 262 g/mol. The lowest BCUT2D eigenvalue weighted by molar-refractivity contribution is 0.445.